The first-order valence-corrected chi connectivity index (χ1v) is 24.0. The Hall–Kier alpha value is -9.58. The summed E-state index contributed by atoms with van der Waals surface area (Å²) in [5.41, 5.74) is 9.29. The van der Waals surface area contributed by atoms with Gasteiger partial charge in [-0.2, -0.15) is 0 Å². The Bertz CT molecular complexity index is 4590. The molecule has 0 spiro atoms. The molecule has 328 valence electrons. The molecule has 3 heterocycles. The molecule has 0 atom stereocenters. The van der Waals surface area contributed by atoms with Crippen LogP contribution in [0.4, 0.5) is 0 Å². The van der Waals surface area contributed by atoms with Crippen molar-refractivity contribution in [1.82, 2.24) is 19.9 Å². The van der Waals surface area contributed by atoms with Crippen LogP contribution < -0.4 is 0 Å². The lowest BCUT2D eigenvalue weighted by atomic mass is 9.88. The Kier molecular flexibility index (Phi) is 8.59. The molecule has 0 aliphatic carbocycles. The van der Waals surface area contributed by atoms with Crippen molar-refractivity contribution in [2.75, 3.05) is 0 Å². The van der Waals surface area contributed by atoms with Crippen molar-refractivity contribution >= 4 is 97.5 Å². The first-order chi connectivity index (χ1) is 35.2. The Balaban J connectivity index is 0.995. The van der Waals surface area contributed by atoms with Crippen molar-refractivity contribution in [2.45, 2.75) is 0 Å². The maximum atomic E-state index is 6.85. The third-order valence-electron chi connectivity index (χ3n) is 14.4. The quantitative estimate of drug-likeness (QED) is 0.161. The van der Waals surface area contributed by atoms with E-state index in [2.05, 4.69) is 224 Å². The Morgan fingerprint density at radius 3 is 1.39 bits per heavy atom. The number of hydrogen-bond acceptors (Lipinski definition) is 5. The second kappa shape index (κ2) is 15.5. The van der Waals surface area contributed by atoms with Crippen LogP contribution in [0, 0.1) is 0 Å². The van der Waals surface area contributed by atoms with Crippen molar-refractivity contribution in [3.05, 3.63) is 231 Å². The summed E-state index contributed by atoms with van der Waals surface area (Å²) in [5.74, 6) is 1.81. The Morgan fingerprint density at radius 2 is 0.746 bits per heavy atom. The highest BCUT2D eigenvalue weighted by atomic mass is 16.3. The summed E-state index contributed by atoms with van der Waals surface area (Å²) >= 11 is 0. The van der Waals surface area contributed by atoms with Crippen LogP contribution in [0.1, 0.15) is 0 Å². The molecule has 0 aliphatic rings. The summed E-state index contributed by atoms with van der Waals surface area (Å²) in [4.78, 5) is 21.3. The summed E-state index contributed by atoms with van der Waals surface area (Å²) in [5, 5.41) is 17.2. The van der Waals surface area contributed by atoms with Gasteiger partial charge < -0.3 is 4.42 Å². The lowest BCUT2D eigenvalue weighted by molar-refractivity contribution is 0.669. The van der Waals surface area contributed by atoms with E-state index in [1.165, 1.54) is 32.3 Å². The predicted octanol–water partition coefficient (Wildman–Crippen LogP) is 17.6. The topological polar surface area (TPSA) is 64.7 Å². The van der Waals surface area contributed by atoms with Crippen molar-refractivity contribution < 1.29 is 4.42 Å². The fourth-order valence-electron chi connectivity index (χ4n) is 11.1. The minimum atomic E-state index is 0.588. The molecular formula is C66H38N4O. The van der Waals surface area contributed by atoms with E-state index in [4.69, 9.17) is 24.4 Å². The lowest BCUT2D eigenvalue weighted by Crippen LogP contribution is -2.00. The first kappa shape index (κ1) is 39.4. The van der Waals surface area contributed by atoms with Crippen molar-refractivity contribution in [3.8, 4) is 56.5 Å². The molecule has 3 aromatic heterocycles. The van der Waals surface area contributed by atoms with Gasteiger partial charge in [0.25, 0.3) is 0 Å². The van der Waals surface area contributed by atoms with E-state index in [0.717, 1.165) is 104 Å². The van der Waals surface area contributed by atoms with E-state index >= 15 is 0 Å². The van der Waals surface area contributed by atoms with Crippen LogP contribution >= 0.6 is 0 Å². The van der Waals surface area contributed by atoms with Crippen LogP contribution in [0.25, 0.3) is 154 Å². The van der Waals surface area contributed by atoms with E-state index < -0.39 is 0 Å². The molecule has 0 aliphatic heterocycles. The first-order valence-electron chi connectivity index (χ1n) is 24.0. The van der Waals surface area contributed by atoms with Crippen molar-refractivity contribution in [1.29, 1.82) is 0 Å². The van der Waals surface area contributed by atoms with Gasteiger partial charge in [-0.25, -0.2) is 19.9 Å². The Morgan fingerprint density at radius 1 is 0.254 bits per heavy atom. The zero-order chi connectivity index (χ0) is 46.6. The highest BCUT2D eigenvalue weighted by molar-refractivity contribution is 6.29. The van der Waals surface area contributed by atoms with E-state index in [9.17, 15) is 0 Å². The predicted molar refractivity (Wildman–Crippen MR) is 295 cm³/mol. The van der Waals surface area contributed by atoms with E-state index in [1.54, 1.807) is 0 Å². The molecule has 12 aromatic carbocycles. The van der Waals surface area contributed by atoms with Crippen LogP contribution in [-0.4, -0.2) is 19.9 Å². The monoisotopic (exact) mass is 902 g/mol. The molecule has 0 N–H and O–H groups in total. The number of fused-ring (bicyclic) bond motifs is 14. The number of hydrogen-bond donors (Lipinski definition) is 0. The second-order valence-electron chi connectivity index (χ2n) is 18.5. The minimum Gasteiger partial charge on any atom is -0.456 e. The molecule has 0 saturated carbocycles. The number of rotatable bonds is 5. The lowest BCUT2D eigenvalue weighted by Gasteiger charge is -2.17. The highest BCUT2D eigenvalue weighted by Crippen LogP contribution is 2.48. The van der Waals surface area contributed by atoms with Gasteiger partial charge in [0.15, 0.2) is 17.5 Å². The third-order valence-corrected chi connectivity index (χ3v) is 14.4. The van der Waals surface area contributed by atoms with Crippen LogP contribution in [0.15, 0.2) is 235 Å². The molecule has 15 rings (SSSR count). The summed E-state index contributed by atoms with van der Waals surface area (Å²) in [6.45, 7) is 0. The molecule has 0 bridgehead atoms. The number of furan rings is 1. The van der Waals surface area contributed by atoms with Gasteiger partial charge in [0.2, 0.25) is 0 Å². The number of pyridine rings is 1. The van der Waals surface area contributed by atoms with E-state index in [-0.39, 0.29) is 0 Å². The largest absolute Gasteiger partial charge is 0.456 e. The average Bonchev–Trinajstić information content (AvgIpc) is 3.82. The maximum Gasteiger partial charge on any atom is 0.164 e. The van der Waals surface area contributed by atoms with Crippen LogP contribution in [0.5, 0.6) is 0 Å². The molecule has 5 heteroatoms. The highest BCUT2D eigenvalue weighted by Gasteiger charge is 2.23. The fraction of sp³-hybridized carbons (Fsp3) is 0. The third kappa shape index (κ3) is 6.27. The average molecular weight is 903 g/mol. The summed E-state index contributed by atoms with van der Waals surface area (Å²) in [6.07, 6.45) is 0. The number of para-hydroxylation sites is 2. The second-order valence-corrected chi connectivity index (χ2v) is 18.5. The molecule has 15 aromatic rings. The van der Waals surface area contributed by atoms with Gasteiger partial charge in [-0.15, -0.1) is 0 Å². The van der Waals surface area contributed by atoms with Gasteiger partial charge in [-0.05, 0) is 102 Å². The summed E-state index contributed by atoms with van der Waals surface area (Å²) in [6, 6.07) is 81.7. The van der Waals surface area contributed by atoms with Crippen LogP contribution in [0.2, 0.25) is 0 Å². The van der Waals surface area contributed by atoms with Gasteiger partial charge >= 0.3 is 0 Å². The van der Waals surface area contributed by atoms with Gasteiger partial charge in [-0.1, -0.05) is 188 Å². The zero-order valence-electron chi connectivity index (χ0n) is 38.1. The molecule has 71 heavy (non-hydrogen) atoms. The number of aromatic nitrogens is 4. The molecular weight excluding hydrogens is 865 g/mol. The van der Waals surface area contributed by atoms with E-state index in [0.29, 0.717) is 17.5 Å². The molecule has 5 nitrogen and oxygen atoms in total. The van der Waals surface area contributed by atoms with Crippen LogP contribution in [-0.2, 0) is 0 Å². The minimum absolute atomic E-state index is 0.588. The van der Waals surface area contributed by atoms with Gasteiger partial charge in [-0.3, -0.25) is 0 Å². The summed E-state index contributed by atoms with van der Waals surface area (Å²) in [7, 11) is 0. The number of benzene rings is 12. The maximum absolute atomic E-state index is 6.85. The van der Waals surface area contributed by atoms with Crippen LogP contribution in [0.3, 0.4) is 0 Å². The van der Waals surface area contributed by atoms with E-state index in [1.807, 2.05) is 6.07 Å². The molecule has 0 radical (unpaired) electrons. The zero-order valence-corrected chi connectivity index (χ0v) is 38.1. The van der Waals surface area contributed by atoms with Gasteiger partial charge in [0.1, 0.15) is 11.2 Å². The van der Waals surface area contributed by atoms with Crippen molar-refractivity contribution in [2.24, 2.45) is 0 Å². The normalized spacial score (nSPS) is 11.9. The van der Waals surface area contributed by atoms with Crippen molar-refractivity contribution in [3.63, 3.8) is 0 Å². The smallest absolute Gasteiger partial charge is 0.164 e. The SMILES string of the molecule is c1cc(-c2nc(-c3ccc4ccccc4c3)nc(-c3ccc4ccccc4c3)n2)cc(-c2c3c(cc4c(-c5ccc6c7ccccc7c7ccccc7c6c5)nc5ccccc5c24)oc2ccccc23)c1. The Labute approximate surface area is 407 Å². The van der Waals surface area contributed by atoms with Gasteiger partial charge in [0, 0.05) is 54.7 Å². The molecule has 0 unspecified atom stereocenters. The summed E-state index contributed by atoms with van der Waals surface area (Å²) < 4.78 is 6.85. The van der Waals surface area contributed by atoms with Gasteiger partial charge in [0.05, 0.1) is 11.2 Å². The molecule has 0 fully saturated rings. The standard InChI is InChI=1S/C66H38N4O/c1-3-16-41-34-46(30-28-39(41)14-1)65-68-64(69-66(70-65)47-31-29-40-15-2-4-17-42(40)35-47)45-19-13-18-43(36-45)60-61-53-24-9-11-26-57(53)67-63(56(61)38-59-62(60)54-25-10-12-27-58(54)71-59)44-32-33-52-50-22-6-5-20-48(50)49-21-7-8-23-51(49)55(52)37-44/h1-38H. The fourth-order valence-corrected chi connectivity index (χ4v) is 11.1. The number of nitrogens with zero attached hydrogens (tertiary/aromatic N) is 4. The molecule has 0 amide bonds. The molecule has 0 saturated heterocycles.